The van der Waals surface area contributed by atoms with E-state index >= 15 is 0 Å². The first-order valence-corrected chi connectivity index (χ1v) is 16.6. The van der Waals surface area contributed by atoms with Crippen molar-refractivity contribution in [1.29, 1.82) is 0 Å². The number of carbonyl (C=O) groups excluding carboxylic acids is 1. The molecule has 0 amide bonds. The molecule has 1 unspecified atom stereocenters. The molecule has 0 saturated heterocycles. The summed E-state index contributed by atoms with van der Waals surface area (Å²) >= 11 is 3.68. The predicted octanol–water partition coefficient (Wildman–Crippen LogP) is 9.49. The lowest BCUT2D eigenvalue weighted by Gasteiger charge is -2.40. The van der Waals surface area contributed by atoms with Gasteiger partial charge in [-0.15, -0.1) is 0 Å². The Morgan fingerprint density at radius 1 is 0.909 bits per heavy atom. The van der Waals surface area contributed by atoms with E-state index in [9.17, 15) is 9.18 Å². The highest BCUT2D eigenvalue weighted by atomic mass is 79.9. The second kappa shape index (κ2) is 14.7. The quantitative estimate of drug-likeness (QED) is 0.147. The van der Waals surface area contributed by atoms with Crippen molar-refractivity contribution < 1.29 is 13.9 Å². The lowest BCUT2D eigenvalue weighted by Crippen LogP contribution is -2.45. The van der Waals surface area contributed by atoms with Gasteiger partial charge in [0.15, 0.2) is 0 Å². The molecule has 230 valence electrons. The molecule has 5 rings (SSSR count). The average molecular weight is 657 g/mol. The fraction of sp³-hybridized carbons (Fsp3) is 0.359. The van der Waals surface area contributed by atoms with Crippen molar-refractivity contribution in [3.63, 3.8) is 0 Å². The van der Waals surface area contributed by atoms with Crippen LogP contribution in [0.5, 0.6) is 5.75 Å². The number of carbonyl (C=O) groups is 1. The molecule has 0 spiro atoms. The summed E-state index contributed by atoms with van der Waals surface area (Å²) in [5.41, 5.74) is 5.94. The van der Waals surface area contributed by atoms with Crippen LogP contribution in [-0.4, -0.2) is 19.4 Å². The minimum absolute atomic E-state index is 0.156. The van der Waals surface area contributed by atoms with Crippen molar-refractivity contribution in [3.8, 4) is 5.75 Å². The Morgan fingerprint density at radius 3 is 2.18 bits per heavy atom. The molecule has 1 atom stereocenters. The van der Waals surface area contributed by atoms with E-state index in [-0.39, 0.29) is 22.6 Å². The molecule has 0 saturated carbocycles. The molecule has 1 aliphatic heterocycles. The molecule has 44 heavy (non-hydrogen) atoms. The van der Waals surface area contributed by atoms with Crippen LogP contribution in [-0.2, 0) is 28.6 Å². The average Bonchev–Trinajstić information content (AvgIpc) is 3.04. The highest BCUT2D eigenvalue weighted by Gasteiger charge is 2.37. The number of hydrogen-bond donors (Lipinski definition) is 1. The lowest BCUT2D eigenvalue weighted by atomic mass is 9.67. The Balaban J connectivity index is 1.35. The highest BCUT2D eigenvalue weighted by Crippen LogP contribution is 2.44. The Kier molecular flexibility index (Phi) is 10.7. The first kappa shape index (κ1) is 32.1. The molecule has 1 heterocycles. The Labute approximate surface area is 270 Å². The third-order valence-electron chi connectivity index (χ3n) is 9.48. The van der Waals surface area contributed by atoms with Crippen LogP contribution in [0.4, 0.5) is 4.39 Å². The number of ketones is 1. The number of aryl methyl sites for hydroxylation is 1. The van der Waals surface area contributed by atoms with Crippen molar-refractivity contribution in [2.45, 2.75) is 75.7 Å². The maximum atomic E-state index is 13.3. The van der Waals surface area contributed by atoms with Crippen LogP contribution in [0.15, 0.2) is 102 Å². The summed E-state index contributed by atoms with van der Waals surface area (Å²) in [6, 6.07) is 32.6. The van der Waals surface area contributed by atoms with Gasteiger partial charge < -0.3 is 10.1 Å². The third-order valence-corrected chi connectivity index (χ3v) is 10.1. The molecule has 0 bridgehead atoms. The van der Waals surface area contributed by atoms with Gasteiger partial charge in [0.1, 0.15) is 17.3 Å². The molecule has 0 radical (unpaired) electrons. The lowest BCUT2D eigenvalue weighted by molar-refractivity contribution is -0.119. The van der Waals surface area contributed by atoms with Crippen LogP contribution in [0.2, 0.25) is 0 Å². The first-order chi connectivity index (χ1) is 21.3. The van der Waals surface area contributed by atoms with Gasteiger partial charge in [-0.2, -0.15) is 0 Å². The Morgan fingerprint density at radius 2 is 1.55 bits per heavy atom. The van der Waals surface area contributed by atoms with Gasteiger partial charge in [0.05, 0.1) is 11.6 Å². The second-order valence-corrected chi connectivity index (χ2v) is 13.2. The number of methoxy groups -OCH3 is 1. The standard InChI is InChI=1S/C39H43BrFNO2/c1-38(35-28-37(44-2)36(40)27-30(35)22-26-42-38)23-10-25-39(31-11-5-3-6-12-31,32-13-7-4-8-14-32)24-9-15-34(43)21-18-29-16-19-33(41)20-17-29/h3-8,11-14,16-17,19-20,27-28,42H,9-10,15,18,21-26H2,1-2H3. The zero-order chi connectivity index (χ0) is 31.0. The minimum Gasteiger partial charge on any atom is -0.496 e. The van der Waals surface area contributed by atoms with Crippen molar-refractivity contribution in [2.24, 2.45) is 0 Å². The van der Waals surface area contributed by atoms with Gasteiger partial charge >= 0.3 is 0 Å². The van der Waals surface area contributed by atoms with Gasteiger partial charge in [-0.05, 0) is 113 Å². The van der Waals surface area contributed by atoms with Crippen molar-refractivity contribution in [3.05, 3.63) is 135 Å². The van der Waals surface area contributed by atoms with E-state index in [2.05, 4.69) is 101 Å². The smallest absolute Gasteiger partial charge is 0.133 e. The van der Waals surface area contributed by atoms with Gasteiger partial charge in [0, 0.05) is 30.3 Å². The van der Waals surface area contributed by atoms with Crippen molar-refractivity contribution >= 4 is 21.7 Å². The molecule has 1 aliphatic rings. The van der Waals surface area contributed by atoms with Gasteiger partial charge in [-0.25, -0.2) is 4.39 Å². The highest BCUT2D eigenvalue weighted by molar-refractivity contribution is 9.10. The normalized spacial score (nSPS) is 16.4. The van der Waals surface area contributed by atoms with Crippen LogP contribution >= 0.6 is 15.9 Å². The van der Waals surface area contributed by atoms with E-state index in [0.717, 1.165) is 60.9 Å². The Bertz CT molecular complexity index is 1480. The summed E-state index contributed by atoms with van der Waals surface area (Å²) in [6.07, 6.45) is 7.37. The monoisotopic (exact) mass is 655 g/mol. The summed E-state index contributed by atoms with van der Waals surface area (Å²) in [6.45, 7) is 3.27. The molecule has 5 heteroatoms. The molecule has 0 aromatic heterocycles. The van der Waals surface area contributed by atoms with E-state index in [4.69, 9.17) is 4.74 Å². The van der Waals surface area contributed by atoms with Crippen molar-refractivity contribution in [2.75, 3.05) is 13.7 Å². The SMILES string of the molecule is COc1cc2c(cc1Br)CCNC2(C)CCCC(CCCC(=O)CCc1ccc(F)cc1)(c1ccccc1)c1ccccc1. The number of hydrogen-bond acceptors (Lipinski definition) is 3. The molecule has 0 aliphatic carbocycles. The minimum atomic E-state index is -0.247. The summed E-state index contributed by atoms with van der Waals surface area (Å²) < 4.78 is 20.0. The largest absolute Gasteiger partial charge is 0.496 e. The number of rotatable bonds is 14. The number of nitrogens with one attached hydrogen (secondary N) is 1. The number of halogens is 2. The van der Waals surface area contributed by atoms with Crippen LogP contribution in [0.3, 0.4) is 0 Å². The molecule has 4 aromatic carbocycles. The predicted molar refractivity (Wildman–Crippen MR) is 181 cm³/mol. The van der Waals surface area contributed by atoms with E-state index in [1.54, 1.807) is 19.2 Å². The van der Waals surface area contributed by atoms with Gasteiger partial charge in [0.25, 0.3) is 0 Å². The summed E-state index contributed by atoms with van der Waals surface area (Å²) in [7, 11) is 1.72. The summed E-state index contributed by atoms with van der Waals surface area (Å²) in [4.78, 5) is 13.0. The molecular formula is C39H43BrFNO2. The van der Waals surface area contributed by atoms with E-state index in [0.29, 0.717) is 19.3 Å². The van der Waals surface area contributed by atoms with Crippen LogP contribution in [0, 0.1) is 5.82 Å². The van der Waals surface area contributed by atoms with Gasteiger partial charge in [-0.1, -0.05) is 79.2 Å². The summed E-state index contributed by atoms with van der Waals surface area (Å²) in [5.74, 6) is 0.883. The van der Waals surface area contributed by atoms with E-state index in [1.807, 2.05) is 0 Å². The van der Waals surface area contributed by atoms with E-state index in [1.165, 1.54) is 34.4 Å². The molecule has 1 N–H and O–H groups in total. The number of Topliss-reactive ketones (excluding diaryl/α,β-unsaturated/α-hetero) is 1. The number of benzene rings is 4. The number of fused-ring (bicyclic) bond motifs is 1. The van der Waals surface area contributed by atoms with E-state index < -0.39 is 0 Å². The fourth-order valence-corrected chi connectivity index (χ4v) is 7.59. The van der Waals surface area contributed by atoms with Gasteiger partial charge in [-0.3, -0.25) is 4.79 Å². The molecular weight excluding hydrogens is 613 g/mol. The topological polar surface area (TPSA) is 38.3 Å². The first-order valence-electron chi connectivity index (χ1n) is 15.8. The van der Waals surface area contributed by atoms with Gasteiger partial charge in [0.2, 0.25) is 0 Å². The molecule has 4 aromatic rings. The van der Waals surface area contributed by atoms with Crippen LogP contribution in [0.1, 0.15) is 79.7 Å². The second-order valence-electron chi connectivity index (χ2n) is 12.3. The maximum absolute atomic E-state index is 13.3. The summed E-state index contributed by atoms with van der Waals surface area (Å²) in [5, 5.41) is 3.84. The zero-order valence-corrected chi connectivity index (χ0v) is 27.5. The molecule has 3 nitrogen and oxygen atoms in total. The maximum Gasteiger partial charge on any atom is 0.133 e. The third kappa shape index (κ3) is 7.50. The molecule has 0 fully saturated rings. The zero-order valence-electron chi connectivity index (χ0n) is 25.9. The Hall–Kier alpha value is -3.28. The van der Waals surface area contributed by atoms with Crippen LogP contribution in [0.25, 0.3) is 0 Å². The fourth-order valence-electron chi connectivity index (χ4n) is 7.04. The van der Waals surface area contributed by atoms with Crippen LogP contribution < -0.4 is 10.1 Å². The van der Waals surface area contributed by atoms with Crippen molar-refractivity contribution in [1.82, 2.24) is 5.32 Å². The number of ether oxygens (including phenoxy) is 1.